The number of halogens is 1. The lowest BCUT2D eigenvalue weighted by Crippen LogP contribution is -2.56. The van der Waals surface area contributed by atoms with Gasteiger partial charge in [-0.3, -0.25) is 4.79 Å². The molecular weight excluding hydrogens is 474 g/mol. The molecule has 7 heteroatoms. The zero-order valence-corrected chi connectivity index (χ0v) is 22.9. The molecule has 1 aliphatic heterocycles. The maximum Gasteiger partial charge on any atom is 0.218 e. The fraction of sp³-hybridized carbons (Fsp3) is 0.586. The normalized spacial score (nSPS) is 24.9. The van der Waals surface area contributed by atoms with Crippen molar-refractivity contribution >= 4 is 17.5 Å². The molecule has 5 atom stereocenters. The number of carbonyl (C=O) groups is 1. The van der Waals surface area contributed by atoms with Gasteiger partial charge in [0.15, 0.2) is 0 Å². The van der Waals surface area contributed by atoms with Gasteiger partial charge in [-0.25, -0.2) is 4.98 Å². The van der Waals surface area contributed by atoms with Crippen molar-refractivity contribution in [1.29, 1.82) is 0 Å². The van der Waals surface area contributed by atoms with Gasteiger partial charge in [-0.2, -0.15) is 0 Å². The van der Waals surface area contributed by atoms with Gasteiger partial charge in [-0.15, -0.1) is 0 Å². The predicted molar refractivity (Wildman–Crippen MR) is 143 cm³/mol. The number of aromatic nitrogens is 1. The fourth-order valence-electron chi connectivity index (χ4n) is 5.46. The molecule has 1 aromatic heterocycles. The van der Waals surface area contributed by atoms with Gasteiger partial charge in [-0.05, 0) is 66.3 Å². The Labute approximate surface area is 220 Å². The Morgan fingerprint density at radius 2 is 2.00 bits per heavy atom. The Bertz CT molecular complexity index is 1070. The minimum atomic E-state index is -0.767. The maximum atomic E-state index is 11.9. The van der Waals surface area contributed by atoms with Crippen LogP contribution in [0.2, 0.25) is 5.02 Å². The summed E-state index contributed by atoms with van der Waals surface area (Å²) in [6.07, 6.45) is 5.63. The van der Waals surface area contributed by atoms with Gasteiger partial charge < -0.3 is 20.5 Å². The Morgan fingerprint density at radius 3 is 2.58 bits per heavy atom. The zero-order valence-electron chi connectivity index (χ0n) is 22.1. The van der Waals surface area contributed by atoms with Crippen molar-refractivity contribution in [2.24, 2.45) is 11.3 Å². The van der Waals surface area contributed by atoms with E-state index >= 15 is 0 Å². The van der Waals surface area contributed by atoms with Crippen molar-refractivity contribution in [2.75, 3.05) is 6.54 Å². The van der Waals surface area contributed by atoms with Crippen LogP contribution in [0.1, 0.15) is 76.6 Å². The van der Waals surface area contributed by atoms with E-state index in [4.69, 9.17) is 21.3 Å². The number of rotatable bonds is 8. The minimum Gasteiger partial charge on any atom is -0.470 e. The third-order valence-corrected chi connectivity index (χ3v) is 7.84. The third kappa shape index (κ3) is 6.39. The average molecular weight is 514 g/mol. The van der Waals surface area contributed by atoms with Gasteiger partial charge in [0.2, 0.25) is 11.8 Å². The standard InChI is InChI=1S/C29H40ClN3O3/c1-18-10-11-29(18)15-25(23-12-21(14-28(3,4)5)16-32-27(23)36-29)31-17-26(35)24(33-19(2)34)13-20-6-8-22(30)9-7-20/h6-9,12,16,18,24-26,31,35H,10-11,13-15,17H2,1-5H3,(H,33,34)/t18-,24+,25+,26-,29+/m1/s1. The van der Waals surface area contributed by atoms with E-state index in [9.17, 15) is 9.90 Å². The van der Waals surface area contributed by atoms with Crippen LogP contribution in [0.3, 0.4) is 0 Å². The Morgan fingerprint density at radius 1 is 1.28 bits per heavy atom. The van der Waals surface area contributed by atoms with Gasteiger partial charge in [-0.1, -0.05) is 51.4 Å². The zero-order chi connectivity index (χ0) is 26.1. The van der Waals surface area contributed by atoms with Crippen LogP contribution >= 0.6 is 11.6 Å². The smallest absolute Gasteiger partial charge is 0.218 e. The van der Waals surface area contributed by atoms with Gasteiger partial charge in [0.25, 0.3) is 0 Å². The van der Waals surface area contributed by atoms with Gasteiger partial charge in [0.05, 0.1) is 12.1 Å². The lowest BCUT2D eigenvalue weighted by atomic mass is 9.65. The summed E-state index contributed by atoms with van der Waals surface area (Å²) in [6, 6.07) is 9.32. The molecule has 1 aliphatic carbocycles. The number of ether oxygens (including phenoxy) is 1. The fourth-order valence-corrected chi connectivity index (χ4v) is 5.59. The van der Waals surface area contributed by atoms with Gasteiger partial charge in [0.1, 0.15) is 5.60 Å². The van der Waals surface area contributed by atoms with Crippen LogP contribution in [0.4, 0.5) is 0 Å². The molecule has 0 bridgehead atoms. The van der Waals surface area contributed by atoms with E-state index in [0.29, 0.717) is 29.8 Å². The SMILES string of the molecule is CC(=O)N[C@@H](Cc1ccc(Cl)cc1)[C@H](O)CN[C@H]1C[C@]2(CC[C@H]2C)Oc2ncc(CC(C)(C)C)cc21. The Balaban J connectivity index is 1.52. The molecule has 3 N–H and O–H groups in total. The number of amides is 1. The highest BCUT2D eigenvalue weighted by atomic mass is 35.5. The highest BCUT2D eigenvalue weighted by Crippen LogP contribution is 2.51. The first-order valence-corrected chi connectivity index (χ1v) is 13.4. The van der Waals surface area contributed by atoms with Crippen molar-refractivity contribution in [1.82, 2.24) is 15.6 Å². The average Bonchev–Trinajstić information content (AvgIpc) is 2.81. The second kappa shape index (κ2) is 10.7. The lowest BCUT2D eigenvalue weighted by molar-refractivity contribution is -0.120. The van der Waals surface area contributed by atoms with E-state index in [2.05, 4.69) is 44.4 Å². The number of hydrogen-bond donors (Lipinski definition) is 3. The molecule has 0 radical (unpaired) electrons. The predicted octanol–water partition coefficient (Wildman–Crippen LogP) is 5.01. The summed E-state index contributed by atoms with van der Waals surface area (Å²) in [6.45, 7) is 10.7. The molecule has 1 aromatic carbocycles. The topological polar surface area (TPSA) is 83.5 Å². The minimum absolute atomic E-state index is 0.0204. The van der Waals surface area contributed by atoms with Crippen molar-refractivity contribution in [3.8, 4) is 5.88 Å². The number of pyridine rings is 1. The summed E-state index contributed by atoms with van der Waals surface area (Å²) in [5, 5.41) is 18.4. The quantitative estimate of drug-likeness (QED) is 0.462. The molecule has 1 spiro atoms. The van der Waals surface area contributed by atoms with E-state index in [1.807, 2.05) is 30.5 Å². The van der Waals surface area contributed by atoms with Crippen LogP contribution in [-0.2, 0) is 17.6 Å². The van der Waals surface area contributed by atoms with Crippen molar-refractivity contribution in [2.45, 2.75) is 90.5 Å². The van der Waals surface area contributed by atoms with Crippen LogP contribution in [0.25, 0.3) is 0 Å². The van der Waals surface area contributed by atoms with E-state index in [0.717, 1.165) is 36.8 Å². The van der Waals surface area contributed by atoms with Crippen LogP contribution in [0.5, 0.6) is 5.88 Å². The number of aliphatic hydroxyl groups excluding tert-OH is 1. The number of carbonyl (C=O) groups excluding carboxylic acids is 1. The lowest BCUT2D eigenvalue weighted by Gasteiger charge is -2.52. The number of aliphatic hydroxyl groups is 1. The number of benzene rings is 1. The molecule has 6 nitrogen and oxygen atoms in total. The van der Waals surface area contributed by atoms with Crippen molar-refractivity contribution in [3.63, 3.8) is 0 Å². The summed E-state index contributed by atoms with van der Waals surface area (Å²) in [4.78, 5) is 16.6. The maximum absolute atomic E-state index is 11.9. The molecule has 0 saturated heterocycles. The molecule has 0 unspecified atom stereocenters. The summed E-state index contributed by atoms with van der Waals surface area (Å²) in [5.74, 6) is 1.01. The van der Waals surface area contributed by atoms with E-state index in [1.54, 1.807) is 0 Å². The number of nitrogens with one attached hydrogen (secondary N) is 2. The molecule has 1 amide bonds. The molecule has 1 saturated carbocycles. The van der Waals surface area contributed by atoms with Crippen LogP contribution < -0.4 is 15.4 Å². The van der Waals surface area contributed by atoms with Crippen LogP contribution in [-0.4, -0.2) is 40.3 Å². The van der Waals surface area contributed by atoms with E-state index < -0.39 is 12.1 Å². The first-order valence-electron chi connectivity index (χ1n) is 13.0. The second-order valence-corrected chi connectivity index (χ2v) is 12.4. The largest absolute Gasteiger partial charge is 0.470 e. The number of nitrogens with zero attached hydrogens (tertiary/aromatic N) is 1. The molecule has 2 heterocycles. The third-order valence-electron chi connectivity index (χ3n) is 7.59. The first-order chi connectivity index (χ1) is 16.9. The Hall–Kier alpha value is -2.15. The highest BCUT2D eigenvalue weighted by molar-refractivity contribution is 6.30. The Kier molecular flexibility index (Phi) is 7.98. The molecule has 1 fully saturated rings. The monoisotopic (exact) mass is 513 g/mol. The molecule has 36 heavy (non-hydrogen) atoms. The van der Waals surface area contributed by atoms with Crippen molar-refractivity contribution < 1.29 is 14.6 Å². The molecule has 2 aromatic rings. The summed E-state index contributed by atoms with van der Waals surface area (Å²) >= 11 is 6.02. The number of hydrogen-bond acceptors (Lipinski definition) is 5. The van der Waals surface area contributed by atoms with Crippen molar-refractivity contribution in [3.05, 3.63) is 58.2 Å². The summed E-state index contributed by atoms with van der Waals surface area (Å²) in [7, 11) is 0. The highest BCUT2D eigenvalue weighted by Gasteiger charge is 2.51. The van der Waals surface area contributed by atoms with E-state index in [1.165, 1.54) is 12.5 Å². The molecule has 4 rings (SSSR count). The van der Waals surface area contributed by atoms with Crippen LogP contribution in [0.15, 0.2) is 36.5 Å². The molecular formula is C29H40ClN3O3. The van der Waals surface area contributed by atoms with E-state index in [-0.39, 0.29) is 23.0 Å². The molecule has 2 aliphatic rings. The first kappa shape index (κ1) is 26.9. The summed E-state index contributed by atoms with van der Waals surface area (Å²) < 4.78 is 6.50. The number of fused-ring (bicyclic) bond motifs is 1. The second-order valence-electron chi connectivity index (χ2n) is 12.0. The van der Waals surface area contributed by atoms with Crippen LogP contribution in [0, 0.1) is 11.3 Å². The summed E-state index contributed by atoms with van der Waals surface area (Å²) in [5.41, 5.74) is 3.21. The van der Waals surface area contributed by atoms with Gasteiger partial charge in [0, 0.05) is 42.7 Å². The van der Waals surface area contributed by atoms with Gasteiger partial charge >= 0.3 is 0 Å². The molecule has 196 valence electrons.